The largest absolute Gasteiger partial charge is 0.399 e. The summed E-state index contributed by atoms with van der Waals surface area (Å²) in [5.41, 5.74) is 13.8. The molecule has 0 fully saturated rings. The van der Waals surface area contributed by atoms with Crippen LogP contribution in [0.15, 0.2) is 71.0 Å². The van der Waals surface area contributed by atoms with Gasteiger partial charge in [0.05, 0.1) is 22.4 Å². The number of aromatic nitrogens is 8. The quantitative estimate of drug-likeness (QED) is 0.117. The molecule has 0 aliphatic rings. The fraction of sp³-hybridized carbons (Fsp3) is 0.0833. The zero-order valence-corrected chi connectivity index (χ0v) is 27.1. The van der Waals surface area contributed by atoms with Crippen LogP contribution in [0.5, 0.6) is 0 Å². The molecule has 4 aromatic heterocycles. The van der Waals surface area contributed by atoms with Gasteiger partial charge in [-0.3, -0.25) is 4.72 Å². The first-order valence-corrected chi connectivity index (χ1v) is 16.3. The minimum absolute atomic E-state index is 0.0208. The number of anilines is 3. The average molecular weight is 714 g/mol. The summed E-state index contributed by atoms with van der Waals surface area (Å²) in [5, 5.41) is 5.18. The van der Waals surface area contributed by atoms with E-state index in [1.165, 1.54) is 54.9 Å². The van der Waals surface area contributed by atoms with Gasteiger partial charge in [0.25, 0.3) is 10.0 Å². The second-order valence-electron chi connectivity index (χ2n) is 8.97. The Morgan fingerprint density at radius 3 is 1.62 bits per heavy atom. The monoisotopic (exact) mass is 712 g/mol. The van der Waals surface area contributed by atoms with Gasteiger partial charge in [-0.1, -0.05) is 11.6 Å². The molecule has 21 heteroatoms. The van der Waals surface area contributed by atoms with Crippen LogP contribution in [0.1, 0.15) is 0 Å². The minimum atomic E-state index is -3.83. The van der Waals surface area contributed by atoms with Crippen LogP contribution in [-0.2, 0) is 34.1 Å². The van der Waals surface area contributed by atoms with E-state index in [-0.39, 0.29) is 31.3 Å². The lowest BCUT2D eigenvalue weighted by atomic mass is 10.3. The Labute approximate surface area is 271 Å². The summed E-state index contributed by atoms with van der Waals surface area (Å²) >= 11 is 17.2. The van der Waals surface area contributed by atoms with Gasteiger partial charge in [-0.2, -0.15) is 15.0 Å². The van der Waals surface area contributed by atoms with Gasteiger partial charge in [-0.25, -0.2) is 36.9 Å². The fourth-order valence-corrected chi connectivity index (χ4v) is 5.60. The molecule has 0 aliphatic carbocycles. The first kappa shape index (κ1) is 33.6. The number of nitrogens with zero attached hydrogens (tertiary/aromatic N) is 8. The molecule has 0 aliphatic heterocycles. The maximum atomic E-state index is 12.4. The number of aryl methyl sites for hydroxylation is 2. The van der Waals surface area contributed by atoms with Gasteiger partial charge < -0.3 is 20.6 Å². The Bertz CT molecular complexity index is 2210. The number of halogens is 3. The number of imidazole rings is 2. The topological polar surface area (TPSA) is 246 Å². The second kappa shape index (κ2) is 13.3. The number of hydrogen-bond donors (Lipinski definition) is 4. The Kier molecular flexibility index (Phi) is 9.95. The molecule has 45 heavy (non-hydrogen) atoms. The highest BCUT2D eigenvalue weighted by Gasteiger charge is 2.19. The van der Waals surface area contributed by atoms with Crippen molar-refractivity contribution in [3.05, 3.63) is 76.9 Å². The summed E-state index contributed by atoms with van der Waals surface area (Å²) in [6.45, 7) is 0. The molecule has 6 rings (SSSR count). The molecular formula is C24H23Cl3N12O4S2. The van der Waals surface area contributed by atoms with Crippen LogP contribution in [0.2, 0.25) is 15.7 Å². The number of nitrogen functional groups attached to an aromatic ring is 2. The molecule has 0 saturated carbocycles. The lowest BCUT2D eigenvalue weighted by Crippen LogP contribution is -2.14. The third-order valence-corrected chi connectivity index (χ3v) is 8.54. The number of nitrogens with one attached hydrogen (secondary N) is 1. The van der Waals surface area contributed by atoms with Crippen LogP contribution in [0.25, 0.3) is 22.3 Å². The van der Waals surface area contributed by atoms with Crippen molar-refractivity contribution in [1.82, 2.24) is 39.0 Å². The molecule has 6 aromatic rings. The molecule has 0 radical (unpaired) electrons. The standard InChI is InChI=1S/C12H11ClN6O2S.C6H4Cl2N4.C6H8N2O2S/c1-19-6-15-9-10(16-12(13)17-11(9)19)18-22(20,21)8-4-2-7(14)3-5-8;1-12-2-9-3-4(7)10-6(8)11-5(3)12;7-5-1-3-6(4-2-5)11(8,9)10/h2-6H,14H2,1H3,(H,16,17,18);2H,1H3;1-4H,7H2,(H2,8,9,10). The van der Waals surface area contributed by atoms with E-state index in [4.69, 9.17) is 51.4 Å². The molecule has 7 N–H and O–H groups in total. The highest BCUT2D eigenvalue weighted by Crippen LogP contribution is 2.24. The average Bonchev–Trinajstić information content (AvgIpc) is 3.51. The van der Waals surface area contributed by atoms with Crippen LogP contribution in [0, 0.1) is 0 Å². The second-order valence-corrected chi connectivity index (χ2v) is 13.2. The highest BCUT2D eigenvalue weighted by atomic mass is 35.5. The summed E-state index contributed by atoms with van der Waals surface area (Å²) in [6.07, 6.45) is 3.11. The van der Waals surface area contributed by atoms with Crippen LogP contribution in [0.3, 0.4) is 0 Å². The highest BCUT2D eigenvalue weighted by molar-refractivity contribution is 7.92. The van der Waals surface area contributed by atoms with E-state index in [1.807, 2.05) is 7.05 Å². The van der Waals surface area contributed by atoms with E-state index in [9.17, 15) is 16.8 Å². The molecule has 0 amide bonds. The smallest absolute Gasteiger partial charge is 0.263 e. The van der Waals surface area contributed by atoms with Gasteiger partial charge in [0.1, 0.15) is 5.52 Å². The van der Waals surface area contributed by atoms with Crippen molar-refractivity contribution in [1.29, 1.82) is 0 Å². The Morgan fingerprint density at radius 2 is 1.11 bits per heavy atom. The molecule has 16 nitrogen and oxygen atoms in total. The third-order valence-electron chi connectivity index (χ3n) is 5.65. The molecular weight excluding hydrogens is 691 g/mol. The Hall–Kier alpha value is -4.33. The number of benzene rings is 2. The van der Waals surface area contributed by atoms with Gasteiger partial charge >= 0.3 is 0 Å². The van der Waals surface area contributed by atoms with Crippen LogP contribution >= 0.6 is 34.8 Å². The van der Waals surface area contributed by atoms with Gasteiger partial charge in [0.15, 0.2) is 27.8 Å². The predicted octanol–water partition coefficient (Wildman–Crippen LogP) is 2.99. The van der Waals surface area contributed by atoms with E-state index in [1.54, 1.807) is 22.5 Å². The van der Waals surface area contributed by atoms with Crippen molar-refractivity contribution in [3.8, 4) is 0 Å². The first-order valence-electron chi connectivity index (χ1n) is 12.2. The van der Waals surface area contributed by atoms with E-state index < -0.39 is 20.0 Å². The van der Waals surface area contributed by atoms with Gasteiger partial charge in [0, 0.05) is 25.5 Å². The lowest BCUT2D eigenvalue weighted by Gasteiger charge is -2.08. The molecule has 0 saturated heterocycles. The van der Waals surface area contributed by atoms with Crippen molar-refractivity contribution >= 4 is 94.4 Å². The van der Waals surface area contributed by atoms with Crippen molar-refractivity contribution in [2.24, 2.45) is 19.2 Å². The Balaban J connectivity index is 0.000000169. The predicted molar refractivity (Wildman–Crippen MR) is 172 cm³/mol. The number of nitrogens with two attached hydrogens (primary N) is 3. The Morgan fingerprint density at radius 1 is 0.667 bits per heavy atom. The van der Waals surface area contributed by atoms with Crippen LogP contribution in [0.4, 0.5) is 17.2 Å². The summed E-state index contributed by atoms with van der Waals surface area (Å²) in [7, 11) is -3.87. The third kappa shape index (κ3) is 8.24. The molecule has 0 unspecified atom stereocenters. The summed E-state index contributed by atoms with van der Waals surface area (Å²) in [5.74, 6) is 0.0208. The lowest BCUT2D eigenvalue weighted by molar-refractivity contribution is 0.597. The zero-order chi connectivity index (χ0) is 33.1. The summed E-state index contributed by atoms with van der Waals surface area (Å²) < 4.78 is 51.8. The van der Waals surface area contributed by atoms with E-state index >= 15 is 0 Å². The molecule has 0 atom stereocenters. The molecule has 236 valence electrons. The number of hydrogen-bond acceptors (Lipinski definition) is 12. The summed E-state index contributed by atoms with van der Waals surface area (Å²) in [4.78, 5) is 23.9. The normalized spacial score (nSPS) is 11.4. The van der Waals surface area contributed by atoms with Gasteiger partial charge in [-0.15, -0.1) is 0 Å². The SMILES string of the molecule is Cn1cnc2c(Cl)nc(Cl)nc21.Cn1cnc2c(NS(=O)(=O)c3ccc(N)cc3)nc(Cl)nc21.Nc1ccc(S(N)(=O)=O)cc1. The maximum absolute atomic E-state index is 12.4. The van der Waals surface area contributed by atoms with E-state index in [2.05, 4.69) is 34.6 Å². The number of sulfonamides is 2. The van der Waals surface area contributed by atoms with Crippen molar-refractivity contribution in [2.75, 3.05) is 16.2 Å². The van der Waals surface area contributed by atoms with Crippen LogP contribution in [-0.4, -0.2) is 55.9 Å². The maximum Gasteiger partial charge on any atom is 0.263 e. The molecule has 4 heterocycles. The first-order chi connectivity index (χ1) is 21.0. The number of fused-ring (bicyclic) bond motifs is 2. The van der Waals surface area contributed by atoms with Crippen molar-refractivity contribution in [3.63, 3.8) is 0 Å². The van der Waals surface area contributed by atoms with Crippen molar-refractivity contribution < 1.29 is 16.8 Å². The van der Waals surface area contributed by atoms with E-state index in [0.29, 0.717) is 33.7 Å². The number of rotatable bonds is 4. The van der Waals surface area contributed by atoms with E-state index in [0.717, 1.165) is 0 Å². The van der Waals surface area contributed by atoms with Gasteiger partial charge in [-0.05, 0) is 71.7 Å². The van der Waals surface area contributed by atoms with Crippen LogP contribution < -0.4 is 21.3 Å². The molecule has 0 spiro atoms. The van der Waals surface area contributed by atoms with Crippen molar-refractivity contribution in [2.45, 2.75) is 9.79 Å². The number of primary sulfonamides is 1. The molecule has 2 aromatic carbocycles. The van der Waals surface area contributed by atoms with Gasteiger partial charge in [0.2, 0.25) is 20.6 Å². The fourth-order valence-electron chi connectivity index (χ4n) is 3.49. The summed E-state index contributed by atoms with van der Waals surface area (Å²) in [6, 6.07) is 11.5. The minimum Gasteiger partial charge on any atom is -0.399 e. The zero-order valence-electron chi connectivity index (χ0n) is 23.2. The molecule has 0 bridgehead atoms.